The van der Waals surface area contributed by atoms with Crippen molar-refractivity contribution in [3.8, 4) is 12.1 Å². The highest BCUT2D eigenvalue weighted by Gasteiger charge is 2.47. The average molecular weight is 662 g/mol. The molecular formula is C35H34F3N4O4Si+. The molecule has 3 aliphatic heterocycles. The number of allylic oxidation sites excluding steroid dienone is 5. The molecule has 47 heavy (non-hydrogen) atoms. The SMILES string of the molecule is [2H]C1CCCN1c1ccc2c(c1)[Si](C)(C)C1=CC(=[N+]3CCCC3[2H])C=CC1=C2c1c(F)c(C(C#N)(C#N)OCOC)c(F)c(F)c1C(=O)O. The van der Waals surface area contributed by atoms with Crippen LogP contribution in [0.25, 0.3) is 5.57 Å². The Bertz CT molecular complexity index is 1980. The number of halogens is 3. The summed E-state index contributed by atoms with van der Waals surface area (Å²) in [7, 11) is -1.61. The second-order valence-electron chi connectivity index (χ2n) is 12.3. The van der Waals surface area contributed by atoms with Gasteiger partial charge < -0.3 is 19.5 Å². The summed E-state index contributed by atoms with van der Waals surface area (Å²) < 4.78 is 78.1. The first-order valence-electron chi connectivity index (χ1n) is 16.4. The monoisotopic (exact) mass is 661 g/mol. The molecule has 0 spiro atoms. The summed E-state index contributed by atoms with van der Waals surface area (Å²) >= 11 is 0. The Morgan fingerprint density at radius 2 is 1.89 bits per heavy atom. The minimum atomic E-state index is -3.03. The second-order valence-corrected chi connectivity index (χ2v) is 16.7. The minimum absolute atomic E-state index is 0.0470. The summed E-state index contributed by atoms with van der Waals surface area (Å²) in [6.07, 6.45) is 8.38. The molecular weight excluding hydrogens is 625 g/mol. The number of methoxy groups -OCH3 is 1. The van der Waals surface area contributed by atoms with Crippen LogP contribution in [-0.4, -0.2) is 69.5 Å². The summed E-state index contributed by atoms with van der Waals surface area (Å²) in [6, 6.07) is 8.23. The number of carbonyl (C=O) groups is 1. The number of rotatable bonds is 7. The third kappa shape index (κ3) is 5.12. The molecule has 0 radical (unpaired) electrons. The normalized spacial score (nSPS) is 23.8. The van der Waals surface area contributed by atoms with Crippen LogP contribution in [0.1, 0.15) is 55.5 Å². The zero-order valence-corrected chi connectivity index (χ0v) is 27.2. The van der Waals surface area contributed by atoms with Crippen LogP contribution in [0.3, 0.4) is 0 Å². The van der Waals surface area contributed by atoms with E-state index in [1.807, 2.05) is 21.6 Å². The molecule has 1 N–H and O–H groups in total. The lowest BCUT2D eigenvalue weighted by Gasteiger charge is -2.38. The quantitative estimate of drug-likeness (QED) is 0.186. The Kier molecular flexibility index (Phi) is 7.80. The van der Waals surface area contributed by atoms with Gasteiger partial charge in [-0.2, -0.15) is 10.5 Å². The summed E-state index contributed by atoms with van der Waals surface area (Å²) in [4.78, 5) is 14.7. The van der Waals surface area contributed by atoms with Gasteiger partial charge in [-0.25, -0.2) is 22.5 Å². The molecule has 2 aromatic carbocycles. The predicted octanol–water partition coefficient (Wildman–Crippen LogP) is 5.28. The van der Waals surface area contributed by atoms with Crippen LogP contribution in [0.2, 0.25) is 13.1 Å². The van der Waals surface area contributed by atoms with Gasteiger partial charge in [0.25, 0.3) is 5.60 Å². The topological polar surface area (TPSA) is 110 Å². The number of hydrogen-bond donors (Lipinski definition) is 1. The van der Waals surface area contributed by atoms with E-state index >= 15 is 13.2 Å². The van der Waals surface area contributed by atoms with Gasteiger partial charge in [-0.3, -0.25) is 0 Å². The van der Waals surface area contributed by atoms with E-state index in [4.69, 9.17) is 12.2 Å². The van der Waals surface area contributed by atoms with Crippen molar-refractivity contribution in [2.24, 2.45) is 0 Å². The van der Waals surface area contributed by atoms with Crippen molar-refractivity contribution in [2.75, 3.05) is 44.9 Å². The second kappa shape index (κ2) is 12.3. The number of aromatic carboxylic acids is 1. The molecule has 0 aromatic heterocycles. The molecule has 1 aliphatic carbocycles. The molecule has 2 unspecified atom stereocenters. The fourth-order valence-corrected chi connectivity index (χ4v) is 10.0. The largest absolute Gasteiger partial charge is 0.478 e. The minimum Gasteiger partial charge on any atom is -0.478 e. The molecule has 2 aromatic rings. The van der Waals surface area contributed by atoms with Crippen LogP contribution < -0.4 is 10.1 Å². The van der Waals surface area contributed by atoms with E-state index in [9.17, 15) is 20.4 Å². The van der Waals surface area contributed by atoms with E-state index in [-0.39, 0.29) is 5.57 Å². The van der Waals surface area contributed by atoms with E-state index in [0.717, 1.165) is 41.7 Å². The molecule has 2 fully saturated rings. The van der Waals surface area contributed by atoms with Gasteiger partial charge in [-0.15, -0.1) is 0 Å². The maximum Gasteiger partial charge on any atom is 0.339 e. The maximum atomic E-state index is 17.2. The number of fused-ring (bicyclic) bond motifs is 2. The molecule has 3 heterocycles. The maximum absolute atomic E-state index is 17.2. The van der Waals surface area contributed by atoms with Gasteiger partial charge in [0.05, 0.1) is 5.56 Å². The smallest absolute Gasteiger partial charge is 0.339 e. The Hall–Kier alpha value is -4.49. The van der Waals surface area contributed by atoms with E-state index in [0.29, 0.717) is 37.1 Å². The molecule has 6 rings (SSSR count). The van der Waals surface area contributed by atoms with Crippen LogP contribution in [0.15, 0.2) is 47.2 Å². The van der Waals surface area contributed by atoms with Gasteiger partial charge in [0.2, 0.25) is 0 Å². The molecule has 8 nitrogen and oxygen atoms in total. The van der Waals surface area contributed by atoms with Crippen LogP contribution in [0.4, 0.5) is 18.9 Å². The number of ether oxygens (including phenoxy) is 2. The standard InChI is InChI=1S/C35H33F3N4O4Si/c1-45-20-46-35(18-39,19-40)30-31(36)28(29(34(43)44)32(37)33(30)38)27-23-10-8-21(41-12-4-5-13-41)16-25(23)47(2,3)26-17-22(9-11-24(26)27)42-14-6-7-15-42/h8-11,16-17H,4-7,12-15,20H2,1-3H3/p+1/i12D,14D. The molecule has 242 valence electrons. The van der Waals surface area contributed by atoms with Crippen LogP contribution >= 0.6 is 0 Å². The molecule has 4 aliphatic rings. The Morgan fingerprint density at radius 3 is 2.51 bits per heavy atom. The van der Waals surface area contributed by atoms with E-state index in [1.54, 1.807) is 24.3 Å². The molecule has 0 amide bonds. The number of nitriles is 2. The fourth-order valence-electron chi connectivity index (χ4n) is 6.95. The first kappa shape index (κ1) is 29.9. The van der Waals surface area contributed by atoms with Crippen molar-refractivity contribution in [1.29, 1.82) is 10.5 Å². The van der Waals surface area contributed by atoms with Crippen molar-refractivity contribution in [1.82, 2.24) is 0 Å². The lowest BCUT2D eigenvalue weighted by atomic mass is 9.83. The third-order valence-electron chi connectivity index (χ3n) is 9.30. The molecule has 12 heteroatoms. The number of nitrogens with zero attached hydrogens (tertiary/aromatic N) is 4. The van der Waals surface area contributed by atoms with Crippen molar-refractivity contribution in [3.05, 3.63) is 86.9 Å². The summed E-state index contributed by atoms with van der Waals surface area (Å²) in [5, 5.41) is 31.8. The van der Waals surface area contributed by atoms with Crippen molar-refractivity contribution >= 4 is 36.2 Å². The van der Waals surface area contributed by atoms with Crippen LogP contribution in [0, 0.1) is 40.1 Å². The Morgan fingerprint density at radius 1 is 1.13 bits per heavy atom. The number of benzene rings is 2. The number of carboxylic acid groups (broad SMARTS) is 1. The summed E-state index contributed by atoms with van der Waals surface area (Å²) in [5.41, 5.74) is -4.31. The van der Waals surface area contributed by atoms with Crippen molar-refractivity contribution < 1.29 is 39.9 Å². The van der Waals surface area contributed by atoms with Gasteiger partial charge in [-0.05, 0) is 58.1 Å². The van der Waals surface area contributed by atoms with Gasteiger partial charge in [-0.1, -0.05) is 19.2 Å². The lowest BCUT2D eigenvalue weighted by Crippen LogP contribution is -2.50. The number of hydrogen-bond acceptors (Lipinski definition) is 6. The highest BCUT2D eigenvalue weighted by atomic mass is 28.3. The predicted molar refractivity (Wildman–Crippen MR) is 172 cm³/mol. The van der Waals surface area contributed by atoms with E-state index < -0.39 is 73.6 Å². The molecule has 2 atom stereocenters. The fraction of sp³-hybridized carbons (Fsp3) is 0.371. The number of carboxylic acids is 1. The lowest BCUT2D eigenvalue weighted by molar-refractivity contribution is -0.504. The summed E-state index contributed by atoms with van der Waals surface area (Å²) in [5.74, 6) is -7.58. The highest BCUT2D eigenvalue weighted by Crippen LogP contribution is 2.46. The third-order valence-corrected chi connectivity index (χ3v) is 12.8. The van der Waals surface area contributed by atoms with Gasteiger partial charge in [0.15, 0.2) is 17.3 Å². The van der Waals surface area contributed by atoms with Crippen LogP contribution in [-0.2, 0) is 15.1 Å². The highest BCUT2D eigenvalue weighted by molar-refractivity contribution is 6.98. The van der Waals surface area contributed by atoms with Gasteiger partial charge in [0, 0.05) is 57.8 Å². The van der Waals surface area contributed by atoms with E-state index in [2.05, 4.69) is 13.1 Å². The summed E-state index contributed by atoms with van der Waals surface area (Å²) in [6.45, 7) is 3.77. The molecule has 0 bridgehead atoms. The molecule has 2 saturated heterocycles. The Labute approximate surface area is 274 Å². The van der Waals surface area contributed by atoms with Gasteiger partial charge >= 0.3 is 5.97 Å². The van der Waals surface area contributed by atoms with E-state index in [1.165, 1.54) is 12.1 Å². The first-order chi connectivity index (χ1) is 23.3. The average Bonchev–Trinajstić information content (AvgIpc) is 3.72. The molecule has 0 saturated carbocycles. The number of anilines is 1. The Balaban J connectivity index is 1.74. The van der Waals surface area contributed by atoms with Crippen molar-refractivity contribution in [2.45, 2.75) is 44.4 Å². The zero-order valence-electron chi connectivity index (χ0n) is 28.2. The zero-order chi connectivity index (χ0) is 35.4. The first-order valence-corrected chi connectivity index (χ1v) is 18.3. The van der Waals surface area contributed by atoms with Crippen molar-refractivity contribution in [3.63, 3.8) is 0 Å². The van der Waals surface area contributed by atoms with Gasteiger partial charge in [0.1, 0.15) is 52.8 Å². The van der Waals surface area contributed by atoms with Crippen LogP contribution in [0.5, 0.6) is 0 Å².